The molecule has 1 aliphatic heterocycles. The summed E-state index contributed by atoms with van der Waals surface area (Å²) in [6.45, 7) is 1.12. The van der Waals surface area contributed by atoms with Crippen LogP contribution in [0.25, 0.3) is 0 Å². The van der Waals surface area contributed by atoms with Crippen LogP contribution in [0.15, 0.2) is 24.4 Å². The standard InChI is InChI=1S/C15H22N2O2/c1-17-10-8-15(18-2)7-6-12(11-13(15)17)19-14-5-3-4-9-16-14/h3-5,9,12-13H,6-8,10-11H2,1-2H3/t12-,13-,15+/m0/s1. The van der Waals surface area contributed by atoms with E-state index in [1.165, 1.54) is 0 Å². The summed E-state index contributed by atoms with van der Waals surface area (Å²) >= 11 is 0. The van der Waals surface area contributed by atoms with Gasteiger partial charge < -0.3 is 14.4 Å². The van der Waals surface area contributed by atoms with Gasteiger partial charge in [0.05, 0.1) is 5.60 Å². The second kappa shape index (κ2) is 5.10. The molecular weight excluding hydrogens is 240 g/mol. The van der Waals surface area contributed by atoms with Gasteiger partial charge in [-0.25, -0.2) is 4.98 Å². The maximum atomic E-state index is 6.01. The summed E-state index contributed by atoms with van der Waals surface area (Å²) in [5, 5.41) is 0. The Morgan fingerprint density at radius 3 is 3.00 bits per heavy atom. The molecule has 1 aliphatic carbocycles. The van der Waals surface area contributed by atoms with Crippen LogP contribution in [-0.2, 0) is 4.74 Å². The first-order valence-electron chi connectivity index (χ1n) is 7.06. The van der Waals surface area contributed by atoms with E-state index in [-0.39, 0.29) is 11.7 Å². The van der Waals surface area contributed by atoms with Gasteiger partial charge in [-0.3, -0.25) is 0 Å². The monoisotopic (exact) mass is 262 g/mol. The summed E-state index contributed by atoms with van der Waals surface area (Å²) in [6, 6.07) is 6.28. The molecule has 104 valence electrons. The van der Waals surface area contributed by atoms with E-state index in [1.807, 2.05) is 25.3 Å². The lowest BCUT2D eigenvalue weighted by Crippen LogP contribution is -2.51. The molecule has 0 aromatic carbocycles. The molecule has 4 nitrogen and oxygen atoms in total. The molecule has 1 saturated heterocycles. The molecule has 0 amide bonds. The summed E-state index contributed by atoms with van der Waals surface area (Å²) < 4.78 is 11.9. The fourth-order valence-corrected chi connectivity index (χ4v) is 3.58. The van der Waals surface area contributed by atoms with Gasteiger partial charge in [0.15, 0.2) is 0 Å². The van der Waals surface area contributed by atoms with Gasteiger partial charge in [-0.05, 0) is 32.4 Å². The number of nitrogens with zero attached hydrogens (tertiary/aromatic N) is 2. The highest BCUT2D eigenvalue weighted by Gasteiger charge is 2.50. The number of hydrogen-bond donors (Lipinski definition) is 0. The molecule has 0 bridgehead atoms. The van der Waals surface area contributed by atoms with Crippen LogP contribution in [-0.4, -0.2) is 48.3 Å². The number of likely N-dealkylation sites (N-methyl/N-ethyl adjacent to an activating group) is 1. The van der Waals surface area contributed by atoms with Crippen LogP contribution in [0.4, 0.5) is 0 Å². The van der Waals surface area contributed by atoms with Crippen molar-refractivity contribution in [2.75, 3.05) is 20.7 Å². The van der Waals surface area contributed by atoms with Gasteiger partial charge in [-0.2, -0.15) is 0 Å². The highest BCUT2D eigenvalue weighted by atomic mass is 16.5. The van der Waals surface area contributed by atoms with Crippen molar-refractivity contribution in [3.05, 3.63) is 24.4 Å². The molecule has 2 aliphatic rings. The molecule has 0 radical (unpaired) electrons. The Hall–Kier alpha value is -1.13. The smallest absolute Gasteiger partial charge is 0.213 e. The van der Waals surface area contributed by atoms with Crippen LogP contribution in [0.3, 0.4) is 0 Å². The molecule has 1 aromatic rings. The normalized spacial score (nSPS) is 35.1. The van der Waals surface area contributed by atoms with E-state index in [0.717, 1.165) is 38.1 Å². The first kappa shape index (κ1) is 12.9. The summed E-state index contributed by atoms with van der Waals surface area (Å²) in [7, 11) is 4.04. The van der Waals surface area contributed by atoms with Crippen LogP contribution in [0.5, 0.6) is 5.88 Å². The van der Waals surface area contributed by atoms with Crippen molar-refractivity contribution < 1.29 is 9.47 Å². The lowest BCUT2D eigenvalue weighted by Gasteiger charge is -2.42. The van der Waals surface area contributed by atoms with Gasteiger partial charge in [0, 0.05) is 38.4 Å². The Bertz CT molecular complexity index is 425. The van der Waals surface area contributed by atoms with Crippen LogP contribution < -0.4 is 4.74 Å². The fourth-order valence-electron chi connectivity index (χ4n) is 3.58. The van der Waals surface area contributed by atoms with Crippen LogP contribution in [0.1, 0.15) is 25.7 Å². The van der Waals surface area contributed by atoms with Gasteiger partial charge in [0.25, 0.3) is 0 Å². The molecule has 3 atom stereocenters. The largest absolute Gasteiger partial charge is 0.474 e. The van der Waals surface area contributed by atoms with Crippen molar-refractivity contribution in [1.29, 1.82) is 0 Å². The molecular formula is C15H22N2O2. The minimum Gasteiger partial charge on any atom is -0.474 e. The molecule has 1 aromatic heterocycles. The number of fused-ring (bicyclic) bond motifs is 1. The first-order valence-corrected chi connectivity index (χ1v) is 7.06. The number of ether oxygens (including phenoxy) is 2. The van der Waals surface area contributed by atoms with Gasteiger partial charge in [0.1, 0.15) is 6.10 Å². The third-order valence-corrected chi connectivity index (χ3v) is 4.73. The highest BCUT2D eigenvalue weighted by molar-refractivity contribution is 5.11. The molecule has 3 rings (SSSR count). The van der Waals surface area contributed by atoms with Crippen molar-refractivity contribution in [2.24, 2.45) is 0 Å². The van der Waals surface area contributed by atoms with Crippen molar-refractivity contribution >= 4 is 0 Å². The van der Waals surface area contributed by atoms with Crippen molar-refractivity contribution in [2.45, 2.75) is 43.4 Å². The van der Waals surface area contributed by atoms with Crippen LogP contribution in [0, 0.1) is 0 Å². The average Bonchev–Trinajstić information content (AvgIpc) is 2.78. The van der Waals surface area contributed by atoms with Crippen LogP contribution >= 0.6 is 0 Å². The maximum Gasteiger partial charge on any atom is 0.213 e. The number of likely N-dealkylation sites (tertiary alicyclic amines) is 1. The third kappa shape index (κ3) is 2.35. The van der Waals surface area contributed by atoms with E-state index in [2.05, 4.69) is 16.9 Å². The van der Waals surface area contributed by atoms with Gasteiger partial charge in [-0.1, -0.05) is 6.07 Å². The minimum absolute atomic E-state index is 0.0543. The molecule has 1 saturated carbocycles. The third-order valence-electron chi connectivity index (χ3n) is 4.73. The molecule has 4 heteroatoms. The minimum atomic E-state index is 0.0543. The van der Waals surface area contributed by atoms with E-state index in [4.69, 9.17) is 9.47 Å². The van der Waals surface area contributed by atoms with Crippen molar-refractivity contribution in [3.63, 3.8) is 0 Å². The number of pyridine rings is 1. The predicted octanol–water partition coefficient (Wildman–Crippen LogP) is 2.10. The topological polar surface area (TPSA) is 34.6 Å². The van der Waals surface area contributed by atoms with E-state index in [9.17, 15) is 0 Å². The Morgan fingerprint density at radius 2 is 2.26 bits per heavy atom. The lowest BCUT2D eigenvalue weighted by atomic mass is 9.79. The Balaban J connectivity index is 1.68. The molecule has 2 fully saturated rings. The van der Waals surface area contributed by atoms with Crippen LogP contribution in [0.2, 0.25) is 0 Å². The average molecular weight is 262 g/mol. The SMILES string of the molecule is CO[C@@]12CC[C@H](Oc3ccccn3)C[C@@H]1N(C)CC2. The van der Waals surface area contributed by atoms with Gasteiger partial charge in [0.2, 0.25) is 5.88 Å². The zero-order chi connectivity index (χ0) is 13.3. The summed E-state index contributed by atoms with van der Waals surface area (Å²) in [5.74, 6) is 0.734. The highest BCUT2D eigenvalue weighted by Crippen LogP contribution is 2.42. The zero-order valence-corrected chi connectivity index (χ0v) is 11.7. The Labute approximate surface area is 114 Å². The van der Waals surface area contributed by atoms with Gasteiger partial charge in [-0.15, -0.1) is 0 Å². The second-order valence-electron chi connectivity index (χ2n) is 5.70. The molecule has 0 N–H and O–H groups in total. The summed E-state index contributed by atoms with van der Waals surface area (Å²) in [4.78, 5) is 6.66. The molecule has 0 unspecified atom stereocenters. The summed E-state index contributed by atoms with van der Waals surface area (Å²) in [6.07, 6.45) is 6.33. The van der Waals surface area contributed by atoms with Crippen molar-refractivity contribution in [3.8, 4) is 5.88 Å². The van der Waals surface area contributed by atoms with E-state index < -0.39 is 0 Å². The molecule has 0 spiro atoms. The van der Waals surface area contributed by atoms with E-state index >= 15 is 0 Å². The lowest BCUT2D eigenvalue weighted by molar-refractivity contribution is -0.0800. The number of rotatable bonds is 3. The Morgan fingerprint density at radius 1 is 1.37 bits per heavy atom. The molecule has 2 heterocycles. The van der Waals surface area contributed by atoms with Crippen molar-refractivity contribution in [1.82, 2.24) is 9.88 Å². The predicted molar refractivity (Wildman–Crippen MR) is 73.3 cm³/mol. The molecule has 19 heavy (non-hydrogen) atoms. The summed E-state index contributed by atoms with van der Waals surface area (Å²) in [5.41, 5.74) is 0.0543. The number of methoxy groups -OCH3 is 1. The number of aromatic nitrogens is 1. The Kier molecular flexibility index (Phi) is 3.46. The first-order chi connectivity index (χ1) is 9.23. The second-order valence-corrected chi connectivity index (χ2v) is 5.70. The fraction of sp³-hybridized carbons (Fsp3) is 0.667. The van der Waals surface area contributed by atoms with E-state index in [0.29, 0.717) is 6.04 Å². The van der Waals surface area contributed by atoms with E-state index in [1.54, 1.807) is 6.20 Å². The maximum absolute atomic E-state index is 6.01. The number of hydrogen-bond acceptors (Lipinski definition) is 4. The van der Waals surface area contributed by atoms with Gasteiger partial charge >= 0.3 is 0 Å². The quantitative estimate of drug-likeness (QED) is 0.835. The zero-order valence-electron chi connectivity index (χ0n) is 11.7.